The van der Waals surface area contributed by atoms with Crippen LogP contribution in [0.3, 0.4) is 0 Å². The predicted molar refractivity (Wildman–Crippen MR) is 85.9 cm³/mol. The van der Waals surface area contributed by atoms with E-state index in [4.69, 9.17) is 9.62 Å². The quantitative estimate of drug-likeness (QED) is 0.475. The Kier molecular flexibility index (Phi) is 6.00. The molecule has 1 aliphatic heterocycles. The number of nitrogens with zero attached hydrogens (tertiary/aromatic N) is 1. The molecule has 0 aromatic heterocycles. The van der Waals surface area contributed by atoms with Crippen molar-refractivity contribution >= 4 is 5.71 Å². The minimum atomic E-state index is -0.763. The number of aliphatic hydroxyl groups is 1. The van der Waals surface area contributed by atoms with Crippen molar-refractivity contribution in [3.05, 3.63) is 0 Å². The zero-order valence-electron chi connectivity index (χ0n) is 14.3. The molecule has 2 rings (SSSR count). The smallest absolute Gasteiger partial charge is 0.147 e. The van der Waals surface area contributed by atoms with Crippen LogP contribution in [-0.2, 0) is 9.62 Å². The van der Waals surface area contributed by atoms with Gasteiger partial charge in [-0.15, -0.1) is 0 Å². The standard InChI is InChI=1S/C17H31NO4/c1-11(2)18-16(19)13(4)15-7-5-6-14-9-8-12(3)21-10-17(14,15)22-20/h12-16,19-20H,5-10H2,1-4H3. The molecule has 2 fully saturated rings. The van der Waals surface area contributed by atoms with Crippen molar-refractivity contribution in [3.8, 4) is 0 Å². The fourth-order valence-corrected chi connectivity index (χ4v) is 4.25. The lowest BCUT2D eigenvalue weighted by Gasteiger charge is -2.48. The van der Waals surface area contributed by atoms with Gasteiger partial charge in [0.25, 0.3) is 0 Å². The van der Waals surface area contributed by atoms with Crippen LogP contribution in [0.2, 0.25) is 0 Å². The highest BCUT2D eigenvalue weighted by Gasteiger charge is 2.53. The SMILES string of the molecule is CC(C)=NC(O)C(C)C1CCCC2CCC(C)OCC21OO. The van der Waals surface area contributed by atoms with E-state index in [0.29, 0.717) is 6.61 Å². The van der Waals surface area contributed by atoms with E-state index in [0.717, 1.165) is 37.8 Å². The number of fused-ring (bicyclic) bond motifs is 1. The molecule has 6 unspecified atom stereocenters. The molecule has 0 amide bonds. The van der Waals surface area contributed by atoms with E-state index in [1.165, 1.54) is 0 Å². The summed E-state index contributed by atoms with van der Waals surface area (Å²) in [4.78, 5) is 9.40. The summed E-state index contributed by atoms with van der Waals surface area (Å²) in [6.45, 7) is 8.23. The monoisotopic (exact) mass is 313 g/mol. The summed E-state index contributed by atoms with van der Waals surface area (Å²) >= 11 is 0. The van der Waals surface area contributed by atoms with Gasteiger partial charge in [-0.1, -0.05) is 13.3 Å². The second-order valence-electron chi connectivity index (χ2n) is 7.33. The van der Waals surface area contributed by atoms with E-state index in [9.17, 15) is 10.4 Å². The lowest BCUT2D eigenvalue weighted by Crippen LogP contribution is -2.55. The van der Waals surface area contributed by atoms with Crippen LogP contribution in [0.1, 0.15) is 59.8 Å². The van der Waals surface area contributed by atoms with Gasteiger partial charge in [0.05, 0.1) is 12.7 Å². The predicted octanol–water partition coefficient (Wildman–Crippen LogP) is 3.27. The maximum absolute atomic E-state index is 10.4. The fourth-order valence-electron chi connectivity index (χ4n) is 4.25. The highest BCUT2D eigenvalue weighted by atomic mass is 17.1. The highest BCUT2D eigenvalue weighted by Crippen LogP contribution is 2.48. The van der Waals surface area contributed by atoms with Crippen molar-refractivity contribution in [2.75, 3.05) is 6.61 Å². The zero-order valence-corrected chi connectivity index (χ0v) is 14.3. The van der Waals surface area contributed by atoms with Gasteiger partial charge >= 0.3 is 0 Å². The molecular formula is C17H31NO4. The van der Waals surface area contributed by atoms with E-state index >= 15 is 0 Å². The minimum absolute atomic E-state index is 0.0413. The zero-order chi connectivity index (χ0) is 16.3. The van der Waals surface area contributed by atoms with Crippen LogP contribution in [0.4, 0.5) is 0 Å². The summed E-state index contributed by atoms with van der Waals surface area (Å²) in [5.74, 6) is 0.240. The van der Waals surface area contributed by atoms with Gasteiger partial charge in [0, 0.05) is 17.5 Å². The molecule has 0 bridgehead atoms. The number of hydrogen-bond acceptors (Lipinski definition) is 5. The number of ether oxygens (including phenoxy) is 1. The summed E-state index contributed by atoms with van der Waals surface area (Å²) < 4.78 is 5.91. The van der Waals surface area contributed by atoms with Crippen LogP contribution >= 0.6 is 0 Å². The number of hydrogen-bond donors (Lipinski definition) is 2. The molecule has 5 nitrogen and oxygen atoms in total. The van der Waals surface area contributed by atoms with Gasteiger partial charge < -0.3 is 9.84 Å². The van der Waals surface area contributed by atoms with Crippen molar-refractivity contribution in [3.63, 3.8) is 0 Å². The van der Waals surface area contributed by atoms with Gasteiger partial charge in [-0.05, 0) is 52.4 Å². The van der Waals surface area contributed by atoms with Crippen molar-refractivity contribution < 1.29 is 20.0 Å². The molecule has 6 atom stereocenters. The summed E-state index contributed by atoms with van der Waals surface area (Å²) in [6.07, 6.45) is 4.48. The van der Waals surface area contributed by atoms with E-state index in [1.54, 1.807) is 0 Å². The molecule has 0 aromatic carbocycles. The summed E-state index contributed by atoms with van der Waals surface area (Å²) in [5.41, 5.74) is 0.150. The fraction of sp³-hybridized carbons (Fsp3) is 0.941. The van der Waals surface area contributed by atoms with Crippen LogP contribution in [0.25, 0.3) is 0 Å². The summed E-state index contributed by atoms with van der Waals surface area (Å²) in [6, 6.07) is 0. The molecule has 0 spiro atoms. The molecule has 2 N–H and O–H groups in total. The first kappa shape index (κ1) is 17.9. The first-order valence-corrected chi connectivity index (χ1v) is 8.54. The minimum Gasteiger partial charge on any atom is -0.375 e. The van der Waals surface area contributed by atoms with Gasteiger partial charge in [-0.3, -0.25) is 10.2 Å². The molecule has 0 aromatic rings. The maximum atomic E-state index is 10.4. The van der Waals surface area contributed by atoms with Crippen molar-refractivity contribution in [2.45, 2.75) is 77.7 Å². The van der Waals surface area contributed by atoms with Crippen LogP contribution in [0, 0.1) is 17.8 Å². The normalized spacial score (nSPS) is 38.5. The lowest BCUT2D eigenvalue weighted by molar-refractivity contribution is -0.372. The highest BCUT2D eigenvalue weighted by molar-refractivity contribution is 5.79. The molecule has 128 valence electrons. The van der Waals surface area contributed by atoms with Gasteiger partial charge in [-0.25, -0.2) is 4.89 Å². The van der Waals surface area contributed by atoms with Gasteiger partial charge in [0.15, 0.2) is 0 Å². The Bertz CT molecular complexity index is 396. The Hall–Kier alpha value is -0.490. The van der Waals surface area contributed by atoms with Crippen LogP contribution in [0.15, 0.2) is 4.99 Å². The van der Waals surface area contributed by atoms with Gasteiger partial charge in [0.2, 0.25) is 0 Å². The largest absolute Gasteiger partial charge is 0.375 e. The average Bonchev–Trinajstić information content (AvgIpc) is 2.65. The molecule has 5 heteroatoms. The summed E-state index contributed by atoms with van der Waals surface area (Å²) in [7, 11) is 0. The molecule has 2 aliphatic rings. The van der Waals surface area contributed by atoms with E-state index in [1.807, 2.05) is 20.8 Å². The second-order valence-corrected chi connectivity index (χ2v) is 7.33. The third kappa shape index (κ3) is 3.53. The van der Waals surface area contributed by atoms with E-state index < -0.39 is 11.8 Å². The second kappa shape index (κ2) is 7.39. The van der Waals surface area contributed by atoms with Crippen molar-refractivity contribution in [1.29, 1.82) is 0 Å². The molecule has 1 heterocycles. The Morgan fingerprint density at radius 2 is 2.00 bits per heavy atom. The molecule has 0 radical (unpaired) electrons. The summed E-state index contributed by atoms with van der Waals surface area (Å²) in [5, 5.41) is 20.2. The molecule has 1 saturated carbocycles. The van der Waals surface area contributed by atoms with Crippen LogP contribution < -0.4 is 0 Å². The van der Waals surface area contributed by atoms with E-state index in [-0.39, 0.29) is 23.9 Å². The maximum Gasteiger partial charge on any atom is 0.147 e. The van der Waals surface area contributed by atoms with Crippen molar-refractivity contribution in [1.82, 2.24) is 0 Å². The first-order valence-electron chi connectivity index (χ1n) is 8.54. The van der Waals surface area contributed by atoms with E-state index in [2.05, 4.69) is 11.9 Å². The van der Waals surface area contributed by atoms with Gasteiger partial charge in [0.1, 0.15) is 11.8 Å². The topological polar surface area (TPSA) is 71.3 Å². The number of rotatable bonds is 4. The van der Waals surface area contributed by atoms with Gasteiger partial charge in [-0.2, -0.15) is 0 Å². The third-order valence-electron chi connectivity index (χ3n) is 5.57. The van der Waals surface area contributed by atoms with Crippen LogP contribution in [-0.4, -0.2) is 40.6 Å². The third-order valence-corrected chi connectivity index (χ3v) is 5.57. The Morgan fingerprint density at radius 1 is 1.27 bits per heavy atom. The number of aliphatic hydroxyl groups excluding tert-OH is 1. The molecular weight excluding hydrogens is 282 g/mol. The molecule has 22 heavy (non-hydrogen) atoms. The molecule has 1 aliphatic carbocycles. The Balaban J connectivity index is 2.26. The first-order chi connectivity index (χ1) is 10.4. The number of aliphatic imine (C=N–C) groups is 1. The lowest BCUT2D eigenvalue weighted by atomic mass is 9.63. The molecule has 1 saturated heterocycles. The van der Waals surface area contributed by atoms with Crippen molar-refractivity contribution in [2.24, 2.45) is 22.7 Å². The van der Waals surface area contributed by atoms with Crippen LogP contribution in [0.5, 0.6) is 0 Å². The Labute approximate surface area is 133 Å². The average molecular weight is 313 g/mol. The Morgan fingerprint density at radius 3 is 2.64 bits per heavy atom.